The minimum atomic E-state index is -0.207. The van der Waals surface area contributed by atoms with Gasteiger partial charge in [0.05, 0.1) is 6.67 Å². The zero-order valence-electron chi connectivity index (χ0n) is 8.36. The standard InChI is InChI=1S/C11H15FN2/c1-14-8-9(6-12)5-11(14)10-3-2-4-13-7-10/h2-4,7,9,11H,5-6,8H2,1H3/t9-,11-/m0/s1. The van der Waals surface area contributed by atoms with E-state index in [0.29, 0.717) is 6.04 Å². The summed E-state index contributed by atoms with van der Waals surface area (Å²) in [6, 6.07) is 4.35. The molecule has 1 aromatic rings. The van der Waals surface area contributed by atoms with Crippen LogP contribution in [0.2, 0.25) is 0 Å². The molecule has 0 saturated carbocycles. The summed E-state index contributed by atoms with van der Waals surface area (Å²) in [5, 5.41) is 0. The van der Waals surface area contributed by atoms with Gasteiger partial charge in [-0.1, -0.05) is 6.07 Å². The lowest BCUT2D eigenvalue weighted by molar-refractivity contribution is 0.305. The molecule has 0 aliphatic carbocycles. The van der Waals surface area contributed by atoms with Gasteiger partial charge in [-0.3, -0.25) is 14.3 Å². The van der Waals surface area contributed by atoms with Gasteiger partial charge in [0.25, 0.3) is 0 Å². The molecule has 0 bridgehead atoms. The zero-order chi connectivity index (χ0) is 9.97. The van der Waals surface area contributed by atoms with Crippen molar-refractivity contribution in [1.82, 2.24) is 9.88 Å². The van der Waals surface area contributed by atoms with E-state index in [1.54, 1.807) is 6.20 Å². The van der Waals surface area contributed by atoms with Gasteiger partial charge >= 0.3 is 0 Å². The van der Waals surface area contributed by atoms with Crippen LogP contribution in [-0.4, -0.2) is 30.2 Å². The van der Waals surface area contributed by atoms with Crippen LogP contribution in [0.15, 0.2) is 24.5 Å². The molecule has 2 heterocycles. The van der Waals surface area contributed by atoms with Crippen LogP contribution in [0.5, 0.6) is 0 Å². The summed E-state index contributed by atoms with van der Waals surface area (Å²) in [7, 11) is 2.05. The van der Waals surface area contributed by atoms with Crippen molar-refractivity contribution < 1.29 is 4.39 Å². The Morgan fingerprint density at radius 2 is 2.50 bits per heavy atom. The van der Waals surface area contributed by atoms with Gasteiger partial charge in [-0.25, -0.2) is 0 Å². The van der Waals surface area contributed by atoms with Crippen molar-refractivity contribution in [3.63, 3.8) is 0 Å². The van der Waals surface area contributed by atoms with Gasteiger partial charge in [-0.15, -0.1) is 0 Å². The zero-order valence-corrected chi connectivity index (χ0v) is 8.36. The van der Waals surface area contributed by atoms with Crippen molar-refractivity contribution >= 4 is 0 Å². The van der Waals surface area contributed by atoms with Crippen molar-refractivity contribution in [2.75, 3.05) is 20.3 Å². The molecule has 14 heavy (non-hydrogen) atoms. The molecule has 1 fully saturated rings. The van der Waals surface area contributed by atoms with E-state index in [1.165, 1.54) is 5.56 Å². The van der Waals surface area contributed by atoms with Crippen molar-refractivity contribution in [3.8, 4) is 0 Å². The number of alkyl halides is 1. The first-order valence-electron chi connectivity index (χ1n) is 4.97. The average molecular weight is 194 g/mol. The lowest BCUT2D eigenvalue weighted by atomic mass is 10.0. The van der Waals surface area contributed by atoms with Crippen molar-refractivity contribution in [2.45, 2.75) is 12.5 Å². The van der Waals surface area contributed by atoms with Crippen molar-refractivity contribution in [3.05, 3.63) is 30.1 Å². The quantitative estimate of drug-likeness (QED) is 0.716. The molecule has 76 valence electrons. The van der Waals surface area contributed by atoms with Crippen molar-refractivity contribution in [1.29, 1.82) is 0 Å². The fourth-order valence-electron chi connectivity index (χ4n) is 2.18. The highest BCUT2D eigenvalue weighted by atomic mass is 19.1. The molecule has 2 rings (SSSR count). The number of aromatic nitrogens is 1. The minimum absolute atomic E-state index is 0.199. The Morgan fingerprint density at radius 1 is 1.64 bits per heavy atom. The highest BCUT2D eigenvalue weighted by Crippen LogP contribution is 2.33. The Balaban J connectivity index is 2.13. The Kier molecular flexibility index (Phi) is 2.77. The van der Waals surface area contributed by atoms with Crippen LogP contribution in [0.4, 0.5) is 4.39 Å². The highest BCUT2D eigenvalue weighted by molar-refractivity contribution is 5.15. The normalized spacial score (nSPS) is 28.1. The number of hydrogen-bond acceptors (Lipinski definition) is 2. The number of nitrogens with zero attached hydrogens (tertiary/aromatic N) is 2. The van der Waals surface area contributed by atoms with Crippen LogP contribution < -0.4 is 0 Å². The Labute approximate surface area is 83.8 Å². The SMILES string of the molecule is CN1C[C@H](CF)C[C@H]1c1cccnc1. The second kappa shape index (κ2) is 4.05. The summed E-state index contributed by atoms with van der Waals surface area (Å²) in [5.41, 5.74) is 1.20. The number of hydrogen-bond donors (Lipinski definition) is 0. The topological polar surface area (TPSA) is 16.1 Å². The van der Waals surface area contributed by atoms with Gasteiger partial charge < -0.3 is 0 Å². The van der Waals surface area contributed by atoms with E-state index in [4.69, 9.17) is 0 Å². The highest BCUT2D eigenvalue weighted by Gasteiger charge is 2.30. The van der Waals surface area contributed by atoms with Gasteiger partial charge in [-0.2, -0.15) is 0 Å². The third kappa shape index (κ3) is 1.77. The molecule has 0 N–H and O–H groups in total. The minimum Gasteiger partial charge on any atom is -0.299 e. The maximum atomic E-state index is 12.5. The first-order valence-corrected chi connectivity index (χ1v) is 4.97. The molecular weight excluding hydrogens is 179 g/mol. The van der Waals surface area contributed by atoms with E-state index in [2.05, 4.69) is 16.0 Å². The van der Waals surface area contributed by atoms with Gasteiger partial charge in [0, 0.05) is 30.9 Å². The maximum Gasteiger partial charge on any atom is 0.0935 e. The van der Waals surface area contributed by atoms with Gasteiger partial charge in [0.1, 0.15) is 0 Å². The van der Waals surface area contributed by atoms with E-state index in [9.17, 15) is 4.39 Å². The fraction of sp³-hybridized carbons (Fsp3) is 0.545. The van der Waals surface area contributed by atoms with Crippen molar-refractivity contribution in [2.24, 2.45) is 5.92 Å². The third-order valence-electron chi connectivity index (χ3n) is 2.92. The third-order valence-corrected chi connectivity index (χ3v) is 2.92. The van der Waals surface area contributed by atoms with Crippen LogP contribution in [0.3, 0.4) is 0 Å². The first kappa shape index (κ1) is 9.59. The molecule has 1 saturated heterocycles. The van der Waals surface area contributed by atoms with Crippen LogP contribution in [0.25, 0.3) is 0 Å². The van der Waals surface area contributed by atoms with E-state index in [1.807, 2.05) is 19.3 Å². The van der Waals surface area contributed by atoms with E-state index < -0.39 is 0 Å². The van der Waals surface area contributed by atoms with E-state index in [-0.39, 0.29) is 12.6 Å². The molecule has 3 heteroatoms. The monoisotopic (exact) mass is 194 g/mol. The molecule has 0 spiro atoms. The van der Waals surface area contributed by atoms with Gasteiger partial charge in [0.15, 0.2) is 0 Å². The van der Waals surface area contributed by atoms with Gasteiger partial charge in [-0.05, 0) is 25.1 Å². The lowest BCUT2D eigenvalue weighted by Crippen LogP contribution is -2.18. The molecule has 0 aromatic carbocycles. The number of halogens is 1. The second-order valence-electron chi connectivity index (χ2n) is 4.00. The van der Waals surface area contributed by atoms with Crippen LogP contribution in [-0.2, 0) is 0 Å². The van der Waals surface area contributed by atoms with Gasteiger partial charge in [0.2, 0.25) is 0 Å². The Bertz CT molecular complexity index is 289. The molecular formula is C11H15FN2. The summed E-state index contributed by atoms with van der Waals surface area (Å²) in [5.74, 6) is 0.199. The van der Waals surface area contributed by atoms with E-state index in [0.717, 1.165) is 13.0 Å². The summed E-state index contributed by atoms with van der Waals surface area (Å²) in [6.07, 6.45) is 4.56. The molecule has 1 aliphatic heterocycles. The number of rotatable bonds is 2. The molecule has 0 radical (unpaired) electrons. The summed E-state index contributed by atoms with van der Waals surface area (Å²) in [4.78, 5) is 6.30. The largest absolute Gasteiger partial charge is 0.299 e. The number of pyridine rings is 1. The fourth-order valence-corrected chi connectivity index (χ4v) is 2.18. The molecule has 0 unspecified atom stereocenters. The molecule has 1 aliphatic rings. The predicted molar refractivity (Wildman–Crippen MR) is 53.7 cm³/mol. The average Bonchev–Trinajstić information content (AvgIpc) is 2.61. The molecule has 2 atom stereocenters. The molecule has 2 nitrogen and oxygen atoms in total. The number of likely N-dealkylation sites (tertiary alicyclic amines) is 1. The summed E-state index contributed by atoms with van der Waals surface area (Å²) >= 11 is 0. The van der Waals surface area contributed by atoms with Crippen LogP contribution >= 0.6 is 0 Å². The smallest absolute Gasteiger partial charge is 0.0935 e. The Morgan fingerprint density at radius 3 is 3.07 bits per heavy atom. The van der Waals surface area contributed by atoms with Crippen LogP contribution in [0, 0.1) is 5.92 Å². The second-order valence-corrected chi connectivity index (χ2v) is 4.00. The molecule has 0 amide bonds. The van der Waals surface area contributed by atoms with Crippen LogP contribution in [0.1, 0.15) is 18.0 Å². The molecule has 1 aromatic heterocycles. The maximum absolute atomic E-state index is 12.5. The lowest BCUT2D eigenvalue weighted by Gasteiger charge is -2.18. The summed E-state index contributed by atoms with van der Waals surface area (Å²) < 4.78 is 12.5. The Hall–Kier alpha value is -0.960. The summed E-state index contributed by atoms with van der Waals surface area (Å²) in [6.45, 7) is 0.650. The predicted octanol–water partition coefficient (Wildman–Crippen LogP) is 2.04. The van der Waals surface area contributed by atoms with E-state index >= 15 is 0 Å². The first-order chi connectivity index (χ1) is 6.81.